The van der Waals surface area contributed by atoms with Crippen molar-refractivity contribution in [1.29, 1.82) is 0 Å². The van der Waals surface area contributed by atoms with Crippen LogP contribution in [0.15, 0.2) is 102 Å². The minimum atomic E-state index is -0.534. The maximum atomic E-state index is 15.3. The molecule has 6 aromatic rings. The Kier molecular flexibility index (Phi) is 14.4. The second kappa shape index (κ2) is 21.8. The quantitative estimate of drug-likeness (QED) is 0.0454. The zero-order chi connectivity index (χ0) is 48.5. The molecule has 3 unspecified atom stereocenters. The predicted molar refractivity (Wildman–Crippen MR) is 269 cm³/mol. The van der Waals surface area contributed by atoms with Crippen molar-refractivity contribution in [1.82, 2.24) is 40.8 Å². The van der Waals surface area contributed by atoms with Crippen molar-refractivity contribution >= 4 is 70.1 Å². The minimum Gasteiger partial charge on any atom is -0.508 e. The molecule has 4 aliphatic heterocycles. The molecule has 0 bridgehead atoms. The number of aromatic hydroxyl groups is 1. The Morgan fingerprint density at radius 3 is 2.04 bits per heavy atom. The van der Waals surface area contributed by atoms with E-state index in [0.717, 1.165) is 72.4 Å². The van der Waals surface area contributed by atoms with E-state index in [-0.39, 0.29) is 41.4 Å². The van der Waals surface area contributed by atoms with E-state index < -0.39 is 11.6 Å². The zero-order valence-corrected chi connectivity index (χ0v) is 38.9. The number of morpholine rings is 2. The Morgan fingerprint density at radius 1 is 0.718 bits per heavy atom. The summed E-state index contributed by atoms with van der Waals surface area (Å²) in [5.74, 6) is -0.168. The molecule has 71 heavy (non-hydrogen) atoms. The van der Waals surface area contributed by atoms with Crippen LogP contribution in [0.4, 0.5) is 66.4 Å². The highest BCUT2D eigenvalue weighted by molar-refractivity contribution is 5.79. The highest BCUT2D eigenvalue weighted by Gasteiger charge is 2.32. The molecule has 2 aromatic carbocycles. The van der Waals surface area contributed by atoms with Crippen LogP contribution in [-0.4, -0.2) is 125 Å². The summed E-state index contributed by atoms with van der Waals surface area (Å²) in [6, 6.07) is 21.4. The summed E-state index contributed by atoms with van der Waals surface area (Å²) in [5, 5.41) is 29.8. The summed E-state index contributed by atoms with van der Waals surface area (Å²) in [7, 11) is 0. The molecule has 0 spiro atoms. The Hall–Kier alpha value is -7.86. The van der Waals surface area contributed by atoms with Gasteiger partial charge in [-0.15, -0.1) is 0 Å². The molecule has 4 aliphatic rings. The Morgan fingerprint density at radius 2 is 1.38 bits per heavy atom. The van der Waals surface area contributed by atoms with Crippen molar-refractivity contribution in [2.75, 3.05) is 100 Å². The molecule has 4 saturated heterocycles. The van der Waals surface area contributed by atoms with Crippen LogP contribution in [0.25, 0.3) is 0 Å². The van der Waals surface area contributed by atoms with Gasteiger partial charge in [0.1, 0.15) is 5.75 Å². The number of anilines is 10. The van der Waals surface area contributed by atoms with Crippen LogP contribution in [-0.2, 0) is 9.47 Å². The van der Waals surface area contributed by atoms with Crippen LogP contribution < -0.4 is 52.2 Å². The summed E-state index contributed by atoms with van der Waals surface area (Å²) in [5.41, 5.74) is 18.7. The van der Waals surface area contributed by atoms with Gasteiger partial charge in [-0.1, -0.05) is 6.07 Å². The Bertz CT molecular complexity index is 2820. The molecule has 3 atom stereocenters. The Balaban J connectivity index is 0.704. The number of halogens is 2. The Labute approximate surface area is 408 Å². The molecule has 23 heteroatoms. The van der Waals surface area contributed by atoms with E-state index in [9.17, 15) is 9.50 Å². The van der Waals surface area contributed by atoms with Gasteiger partial charge >= 0.3 is 0 Å². The number of hydrazone groups is 2. The van der Waals surface area contributed by atoms with E-state index >= 15 is 4.39 Å². The van der Waals surface area contributed by atoms with Crippen LogP contribution in [0.5, 0.6) is 5.75 Å². The predicted octanol–water partition coefficient (Wildman–Crippen LogP) is 5.74. The first-order valence-electron chi connectivity index (χ1n) is 23.5. The van der Waals surface area contributed by atoms with Crippen molar-refractivity contribution in [3.63, 3.8) is 0 Å². The monoisotopic (exact) mass is 968 g/mol. The van der Waals surface area contributed by atoms with Crippen molar-refractivity contribution in [2.45, 2.75) is 44.4 Å². The number of hydrogen-bond acceptors (Lipinski definition) is 21. The molecule has 10 rings (SSSR count). The second-order valence-corrected chi connectivity index (χ2v) is 17.4. The van der Waals surface area contributed by atoms with Crippen molar-refractivity contribution in [2.24, 2.45) is 10.2 Å². The highest BCUT2D eigenvalue weighted by Crippen LogP contribution is 2.31. The SMILES string of the molecule is CC1CCN(c2cc(O)cc(Nc3ccc(/C=N/Nc4ncc(F)c(N5CCOC(CC6CCNN6c6cccc(Nc7ccc(/C=N/Nc8ncc(F)c(N9CCOCC9)n8)nc7)c6)C5)n4)nc3)c2)N1. The summed E-state index contributed by atoms with van der Waals surface area (Å²) in [6.45, 7) is 7.23. The van der Waals surface area contributed by atoms with Gasteiger partial charge < -0.3 is 45.0 Å². The van der Waals surface area contributed by atoms with Crippen molar-refractivity contribution in [3.05, 3.63) is 115 Å². The molecule has 21 nitrogen and oxygen atoms in total. The van der Waals surface area contributed by atoms with E-state index in [0.29, 0.717) is 69.9 Å². The average Bonchev–Trinajstić information content (AvgIpc) is 4.05. The zero-order valence-electron chi connectivity index (χ0n) is 38.9. The molecule has 368 valence electrons. The third-order valence-electron chi connectivity index (χ3n) is 12.2. The molecule has 0 radical (unpaired) electrons. The standard InChI is InChI=1S/C48H54F2N18O3/c1-31-10-12-67(64-31)40-20-37(21-41(69)22-40)59-36-8-6-34(52-25-36)27-56-63-48-54-29-44(50)46(61-48)66-15-18-71-42(30-66)23-39-9-11-57-68(39)38-4-2-3-32(19-38)58-35-7-5-33(51-24-35)26-55-62-47-53-28-43(49)45(60-47)65-13-16-70-17-14-65/h2-8,19-22,24-29,31,39,42,57-59,64,69H,9-18,23,30H2,1H3,(H,53,60,62)(H,54,61,63)/b55-26+,56-27+. The topological polar surface area (TPSA) is 226 Å². The van der Waals surface area contributed by atoms with Crippen LogP contribution >= 0.6 is 0 Å². The van der Waals surface area contributed by atoms with Gasteiger partial charge in [0.2, 0.25) is 11.9 Å². The lowest BCUT2D eigenvalue weighted by Crippen LogP contribution is -2.47. The van der Waals surface area contributed by atoms with Crippen LogP contribution in [0, 0.1) is 11.6 Å². The van der Waals surface area contributed by atoms with Crippen LogP contribution in [0.3, 0.4) is 0 Å². The number of nitrogens with one attached hydrogen (secondary N) is 6. The lowest BCUT2D eigenvalue weighted by Gasteiger charge is -2.36. The number of benzene rings is 2. The first kappa shape index (κ1) is 46.8. The number of phenols is 1. The molecular weight excluding hydrogens is 915 g/mol. The molecular formula is C48H54F2N18O3. The fraction of sp³-hybridized carbons (Fsp3) is 0.333. The molecule has 8 heterocycles. The summed E-state index contributed by atoms with van der Waals surface area (Å²) in [4.78, 5) is 29.6. The van der Waals surface area contributed by atoms with E-state index in [1.165, 1.54) is 12.4 Å². The normalized spacial score (nSPS) is 19.5. The number of pyridine rings is 2. The van der Waals surface area contributed by atoms with Gasteiger partial charge in [-0.25, -0.2) is 40.5 Å². The number of hydrazine groups is 2. The molecule has 0 amide bonds. The fourth-order valence-electron chi connectivity index (χ4n) is 8.77. The summed E-state index contributed by atoms with van der Waals surface area (Å²) >= 11 is 0. The highest BCUT2D eigenvalue weighted by atomic mass is 19.1. The third kappa shape index (κ3) is 12.0. The van der Waals surface area contributed by atoms with Gasteiger partial charge in [0.15, 0.2) is 23.3 Å². The number of rotatable bonds is 16. The first-order chi connectivity index (χ1) is 34.7. The minimum absolute atomic E-state index is 0.122. The molecule has 7 N–H and O–H groups in total. The fourth-order valence-corrected chi connectivity index (χ4v) is 8.77. The van der Waals surface area contributed by atoms with E-state index in [1.54, 1.807) is 30.6 Å². The van der Waals surface area contributed by atoms with E-state index in [2.05, 4.69) is 96.5 Å². The second-order valence-electron chi connectivity index (χ2n) is 17.4. The number of phenolic OH excluding ortho intramolecular Hbond substituents is 1. The average molecular weight is 969 g/mol. The summed E-state index contributed by atoms with van der Waals surface area (Å²) in [6.07, 6.45) is 11.2. The van der Waals surface area contributed by atoms with Gasteiger partial charge in [0.25, 0.3) is 0 Å². The molecule has 4 fully saturated rings. The van der Waals surface area contributed by atoms with Gasteiger partial charge in [-0.2, -0.15) is 20.2 Å². The van der Waals surface area contributed by atoms with Crippen molar-refractivity contribution in [3.8, 4) is 5.75 Å². The number of nitrogens with zero attached hydrogens (tertiary/aromatic N) is 12. The molecule has 0 saturated carbocycles. The van der Waals surface area contributed by atoms with Gasteiger partial charge in [0, 0.05) is 74.9 Å². The lowest BCUT2D eigenvalue weighted by molar-refractivity contribution is 0.0307. The number of hydrogen-bond donors (Lipinski definition) is 7. The molecule has 0 aliphatic carbocycles. The van der Waals surface area contributed by atoms with Gasteiger partial charge in [-0.05, 0) is 74.7 Å². The first-order valence-corrected chi connectivity index (χ1v) is 23.5. The number of ether oxygens (including phenoxy) is 2. The smallest absolute Gasteiger partial charge is 0.245 e. The maximum absolute atomic E-state index is 15.3. The van der Waals surface area contributed by atoms with Crippen LogP contribution in [0.2, 0.25) is 0 Å². The maximum Gasteiger partial charge on any atom is 0.245 e. The van der Waals surface area contributed by atoms with E-state index in [4.69, 9.17) is 9.47 Å². The third-order valence-corrected chi connectivity index (χ3v) is 12.2. The van der Waals surface area contributed by atoms with Gasteiger partial charge in [-0.3, -0.25) is 9.97 Å². The largest absolute Gasteiger partial charge is 0.508 e. The lowest BCUT2D eigenvalue weighted by atomic mass is 10.0. The van der Waals surface area contributed by atoms with Crippen LogP contribution in [0.1, 0.15) is 37.6 Å². The van der Waals surface area contributed by atoms with Crippen molar-refractivity contribution < 1.29 is 23.4 Å². The molecule has 4 aromatic heterocycles. The number of aromatic nitrogens is 6. The van der Waals surface area contributed by atoms with Gasteiger partial charge in [0.05, 0.1) is 97.3 Å². The summed E-state index contributed by atoms with van der Waals surface area (Å²) < 4.78 is 41.3. The van der Waals surface area contributed by atoms with E-state index in [1.807, 2.05) is 51.2 Å².